The van der Waals surface area contributed by atoms with Crippen molar-refractivity contribution < 1.29 is 23.4 Å². The van der Waals surface area contributed by atoms with Crippen LogP contribution in [0.25, 0.3) is 22.3 Å². The minimum atomic E-state index is -0.454. The van der Waals surface area contributed by atoms with Gasteiger partial charge in [-0.15, -0.1) is 0 Å². The van der Waals surface area contributed by atoms with Crippen molar-refractivity contribution in [1.29, 1.82) is 5.26 Å². The highest BCUT2D eigenvalue weighted by molar-refractivity contribution is 5.88. The number of benzene rings is 2. The summed E-state index contributed by atoms with van der Waals surface area (Å²) < 4.78 is 27.1. The van der Waals surface area contributed by atoms with Crippen molar-refractivity contribution in [3.63, 3.8) is 0 Å². The van der Waals surface area contributed by atoms with Gasteiger partial charge in [0, 0.05) is 5.56 Å². The Morgan fingerprint density at radius 2 is 1.56 bits per heavy atom. The van der Waals surface area contributed by atoms with Crippen LogP contribution in [0.4, 0.5) is 0 Å². The van der Waals surface area contributed by atoms with Crippen LogP contribution in [0.2, 0.25) is 0 Å². The van der Waals surface area contributed by atoms with E-state index in [4.69, 9.17) is 23.4 Å². The van der Waals surface area contributed by atoms with Crippen LogP contribution in [0.5, 0.6) is 23.0 Å². The van der Waals surface area contributed by atoms with Gasteiger partial charge in [-0.25, -0.2) is 0 Å². The zero-order chi connectivity index (χ0) is 19.6. The van der Waals surface area contributed by atoms with Crippen molar-refractivity contribution in [2.75, 3.05) is 28.4 Å². The number of methoxy groups -OCH3 is 4. The maximum Gasteiger partial charge on any atom is 0.211 e. The SMILES string of the molecule is COc1ccc(-c2oc3c(OC)c(OC)ccc3c(=O)c2C#N)cc1OC. The van der Waals surface area contributed by atoms with E-state index in [9.17, 15) is 10.1 Å². The molecule has 0 saturated heterocycles. The van der Waals surface area contributed by atoms with Crippen molar-refractivity contribution in [2.45, 2.75) is 0 Å². The van der Waals surface area contributed by atoms with E-state index in [-0.39, 0.29) is 28.0 Å². The van der Waals surface area contributed by atoms with Crippen LogP contribution in [0.1, 0.15) is 5.56 Å². The molecule has 0 amide bonds. The Morgan fingerprint density at radius 3 is 2.15 bits per heavy atom. The Labute approximate surface area is 155 Å². The van der Waals surface area contributed by atoms with Crippen molar-refractivity contribution in [3.8, 4) is 40.4 Å². The lowest BCUT2D eigenvalue weighted by Crippen LogP contribution is -2.09. The summed E-state index contributed by atoms with van der Waals surface area (Å²) in [7, 11) is 5.95. The molecule has 0 fully saturated rings. The van der Waals surface area contributed by atoms with Crippen LogP contribution in [0, 0.1) is 11.3 Å². The summed E-state index contributed by atoms with van der Waals surface area (Å²) in [6, 6.07) is 10.1. The first kappa shape index (κ1) is 18.1. The lowest BCUT2D eigenvalue weighted by molar-refractivity contribution is 0.353. The topological polar surface area (TPSA) is 90.9 Å². The molecule has 7 heteroatoms. The Morgan fingerprint density at radius 1 is 0.889 bits per heavy atom. The monoisotopic (exact) mass is 367 g/mol. The number of fused-ring (bicyclic) bond motifs is 1. The van der Waals surface area contributed by atoms with Crippen LogP contribution >= 0.6 is 0 Å². The maximum absolute atomic E-state index is 12.9. The summed E-state index contributed by atoms with van der Waals surface area (Å²) in [5.74, 6) is 1.76. The van der Waals surface area contributed by atoms with Crippen molar-refractivity contribution in [3.05, 3.63) is 46.1 Å². The van der Waals surface area contributed by atoms with Gasteiger partial charge in [0.05, 0.1) is 33.8 Å². The first-order valence-corrected chi connectivity index (χ1v) is 7.93. The minimum Gasteiger partial charge on any atom is -0.493 e. The van der Waals surface area contributed by atoms with Crippen LogP contribution in [0.15, 0.2) is 39.5 Å². The average molecular weight is 367 g/mol. The molecule has 7 nitrogen and oxygen atoms in total. The third-order valence-corrected chi connectivity index (χ3v) is 4.16. The molecule has 0 saturated carbocycles. The average Bonchev–Trinajstić information content (AvgIpc) is 2.71. The third kappa shape index (κ3) is 2.91. The number of hydrogen-bond acceptors (Lipinski definition) is 7. The van der Waals surface area contributed by atoms with Gasteiger partial charge in [0.15, 0.2) is 28.6 Å². The van der Waals surface area contributed by atoms with Crippen molar-refractivity contribution in [1.82, 2.24) is 0 Å². The van der Waals surface area contributed by atoms with E-state index in [2.05, 4.69) is 0 Å². The second-order valence-corrected chi connectivity index (χ2v) is 5.49. The smallest absolute Gasteiger partial charge is 0.211 e. The number of nitrogens with zero attached hydrogens (tertiary/aromatic N) is 1. The standard InChI is InChI=1S/C20H17NO6/c1-23-14-7-5-11(9-16(14)25-3)18-13(10-21)17(22)12-6-8-15(24-2)20(26-4)19(12)27-18/h5-9H,1-4H3. The van der Waals surface area contributed by atoms with Crippen LogP contribution in [-0.2, 0) is 0 Å². The summed E-state index contributed by atoms with van der Waals surface area (Å²) in [4.78, 5) is 12.9. The predicted molar refractivity (Wildman–Crippen MR) is 98.8 cm³/mol. The van der Waals surface area contributed by atoms with Gasteiger partial charge in [-0.3, -0.25) is 4.79 Å². The molecule has 1 heterocycles. The van der Waals surface area contributed by atoms with Crippen molar-refractivity contribution >= 4 is 11.0 Å². The Balaban J connectivity index is 2.39. The summed E-state index contributed by atoms with van der Waals surface area (Å²) in [6.45, 7) is 0. The summed E-state index contributed by atoms with van der Waals surface area (Å²) >= 11 is 0. The minimum absolute atomic E-state index is 0.109. The molecule has 0 bridgehead atoms. The largest absolute Gasteiger partial charge is 0.493 e. The zero-order valence-corrected chi connectivity index (χ0v) is 15.3. The first-order chi connectivity index (χ1) is 13.1. The van der Waals surface area contributed by atoms with E-state index in [1.54, 1.807) is 30.3 Å². The van der Waals surface area contributed by atoms with Crippen LogP contribution < -0.4 is 24.4 Å². The molecule has 0 spiro atoms. The van der Waals surface area contributed by atoms with Gasteiger partial charge in [0.25, 0.3) is 0 Å². The fourth-order valence-electron chi connectivity index (χ4n) is 2.85. The fourth-order valence-corrected chi connectivity index (χ4v) is 2.85. The zero-order valence-electron chi connectivity index (χ0n) is 15.3. The maximum atomic E-state index is 12.9. The molecule has 3 rings (SSSR count). The van der Waals surface area contributed by atoms with Gasteiger partial charge in [0.2, 0.25) is 11.2 Å². The van der Waals surface area contributed by atoms with Gasteiger partial charge < -0.3 is 23.4 Å². The Kier molecular flexibility index (Phi) is 4.90. The van der Waals surface area contributed by atoms with E-state index in [0.29, 0.717) is 22.8 Å². The normalized spacial score (nSPS) is 10.3. The van der Waals surface area contributed by atoms with Gasteiger partial charge in [0.1, 0.15) is 11.6 Å². The van der Waals surface area contributed by atoms with E-state index >= 15 is 0 Å². The highest BCUT2D eigenvalue weighted by Gasteiger charge is 2.21. The molecule has 0 aliphatic heterocycles. The summed E-state index contributed by atoms with van der Waals surface area (Å²) in [5, 5.41) is 9.78. The van der Waals surface area contributed by atoms with Gasteiger partial charge in [-0.2, -0.15) is 5.26 Å². The number of nitriles is 1. The molecule has 0 atom stereocenters. The lowest BCUT2D eigenvalue weighted by Gasteiger charge is -2.13. The summed E-state index contributed by atoms with van der Waals surface area (Å²) in [6.07, 6.45) is 0. The molecule has 2 aromatic carbocycles. The van der Waals surface area contributed by atoms with Crippen molar-refractivity contribution in [2.24, 2.45) is 0 Å². The predicted octanol–water partition coefficient (Wildman–Crippen LogP) is 3.37. The molecule has 138 valence electrons. The molecule has 0 radical (unpaired) electrons. The second-order valence-electron chi connectivity index (χ2n) is 5.49. The highest BCUT2D eigenvalue weighted by Crippen LogP contribution is 2.38. The molecule has 0 N–H and O–H groups in total. The van der Waals surface area contributed by atoms with E-state index in [0.717, 1.165) is 0 Å². The van der Waals surface area contributed by atoms with E-state index in [1.807, 2.05) is 6.07 Å². The lowest BCUT2D eigenvalue weighted by atomic mass is 10.0. The summed E-state index contributed by atoms with van der Waals surface area (Å²) in [5.41, 5.74) is 0.130. The van der Waals surface area contributed by atoms with Crippen LogP contribution in [0.3, 0.4) is 0 Å². The molecule has 27 heavy (non-hydrogen) atoms. The Hall–Kier alpha value is -3.66. The third-order valence-electron chi connectivity index (χ3n) is 4.16. The number of rotatable bonds is 5. The fraction of sp³-hybridized carbons (Fsp3) is 0.200. The molecule has 1 aromatic heterocycles. The molecule has 0 unspecified atom stereocenters. The molecular formula is C20H17NO6. The Bertz CT molecular complexity index is 1110. The van der Waals surface area contributed by atoms with Gasteiger partial charge in [-0.1, -0.05) is 0 Å². The number of hydrogen-bond donors (Lipinski definition) is 0. The molecule has 0 aliphatic carbocycles. The molecule has 3 aromatic rings. The highest BCUT2D eigenvalue weighted by atomic mass is 16.5. The van der Waals surface area contributed by atoms with Crippen LogP contribution in [-0.4, -0.2) is 28.4 Å². The van der Waals surface area contributed by atoms with Gasteiger partial charge >= 0.3 is 0 Å². The van der Waals surface area contributed by atoms with E-state index < -0.39 is 5.43 Å². The quantitative estimate of drug-likeness (QED) is 0.683. The molecular weight excluding hydrogens is 350 g/mol. The van der Waals surface area contributed by atoms with E-state index in [1.165, 1.54) is 28.4 Å². The molecule has 0 aliphatic rings. The second kappa shape index (κ2) is 7.30. The number of ether oxygens (including phenoxy) is 4. The van der Waals surface area contributed by atoms with Gasteiger partial charge in [-0.05, 0) is 30.3 Å². The first-order valence-electron chi connectivity index (χ1n) is 7.93.